The van der Waals surface area contributed by atoms with E-state index in [0.717, 1.165) is 11.1 Å². The molecular formula is C61H99NO17Si2. The van der Waals surface area contributed by atoms with Crippen molar-refractivity contribution in [3.8, 4) is 0 Å². The lowest BCUT2D eigenvalue weighted by atomic mass is 9.72. The van der Waals surface area contributed by atoms with Crippen LogP contribution in [0.5, 0.6) is 0 Å². The Bertz CT molecular complexity index is 2350. The van der Waals surface area contributed by atoms with Gasteiger partial charge in [-0.3, -0.25) is 4.79 Å². The molecule has 2 unspecified atom stereocenters. The fraction of sp³-hybridized carbons (Fsp3) is 0.754. The molecule has 0 aliphatic carbocycles. The first-order valence-electron chi connectivity index (χ1n) is 29.2. The molecule has 2 aromatic carbocycles. The number of cyclic esters (lactones) is 1. The smallest absolute Gasteiger partial charge is 0.459 e. The van der Waals surface area contributed by atoms with Gasteiger partial charge in [0.1, 0.15) is 24.9 Å². The van der Waals surface area contributed by atoms with Crippen molar-refractivity contribution < 1.29 is 80.4 Å². The maximum absolute atomic E-state index is 15.4. The number of hydrogen-bond donors (Lipinski definition) is 1. The maximum atomic E-state index is 15.4. The summed E-state index contributed by atoms with van der Waals surface area (Å²) >= 11 is 0. The maximum Gasteiger partial charge on any atom is 0.509 e. The number of carbonyl (C=O) groups excluding carboxylic acids is 3. The second kappa shape index (κ2) is 26.8. The zero-order valence-electron chi connectivity index (χ0n) is 52.2. The predicted octanol–water partition coefficient (Wildman–Crippen LogP) is 11.2. The van der Waals surface area contributed by atoms with E-state index in [1.54, 1.807) is 28.0 Å². The first-order chi connectivity index (χ1) is 37.6. The van der Waals surface area contributed by atoms with E-state index < -0.39 is 143 Å². The molecule has 0 aromatic heterocycles. The number of benzene rings is 2. The van der Waals surface area contributed by atoms with Crippen molar-refractivity contribution in [2.75, 3.05) is 14.2 Å². The summed E-state index contributed by atoms with van der Waals surface area (Å²) in [6.07, 6.45) is -10.4. The number of likely N-dealkylation sites (N-methyl/N-ethyl adjacent to an activating group) is 1. The van der Waals surface area contributed by atoms with Crippen molar-refractivity contribution in [3.05, 3.63) is 71.8 Å². The van der Waals surface area contributed by atoms with Crippen LogP contribution in [0.3, 0.4) is 0 Å². The zero-order valence-corrected chi connectivity index (χ0v) is 54.2. The Balaban J connectivity index is 1.49. The molecule has 2 bridgehead atoms. The Hall–Kier alpha value is -3.52. The van der Waals surface area contributed by atoms with Crippen LogP contribution >= 0.6 is 0 Å². The average molecular weight is 1170 g/mol. The average Bonchev–Trinajstić information content (AvgIpc) is 3.51. The molecule has 1 amide bonds. The Kier molecular flexibility index (Phi) is 22.1. The number of carbonyl (C=O) groups is 3. The predicted molar refractivity (Wildman–Crippen MR) is 310 cm³/mol. The Morgan fingerprint density at radius 1 is 0.753 bits per heavy atom. The summed E-state index contributed by atoms with van der Waals surface area (Å²) in [5, 5.41) is 13.6. The lowest BCUT2D eigenvalue weighted by Crippen LogP contribution is -2.67. The molecule has 0 radical (unpaired) electrons. The molecule has 0 spiro atoms. The minimum absolute atomic E-state index is 0.00795. The molecule has 19 atom stereocenters. The molecular weight excluding hydrogens is 1070 g/mol. The monoisotopic (exact) mass is 1170 g/mol. The van der Waals surface area contributed by atoms with Gasteiger partial charge in [0.15, 0.2) is 41.1 Å². The zero-order chi connectivity index (χ0) is 60.2. The van der Waals surface area contributed by atoms with Gasteiger partial charge in [-0.1, -0.05) is 88.4 Å². The SMILES string of the molecule is CCC1OC(=O)[C@H](C)C(O[C@H]2C[C@@](C)(OC)[C@@H](O[Si](C)(C)C)[C@H](C)O2)[C@H](C)[C@@H](O[C@@H]2O[C@H](C)C[C@H](N(C)C(=O)OCc3ccccc3)[C@H]2OC(=O)OCc2ccccc2)[C@](C)(O)C[C@@H](C)[C@@H]2OC(C)(C)O[C@H]([C@H]2C)[C@]1(C)O[Si](C)(C)C. The molecule has 6 rings (SSSR count). The fourth-order valence-corrected chi connectivity index (χ4v) is 15.6. The minimum Gasteiger partial charge on any atom is -0.459 e. The lowest BCUT2D eigenvalue weighted by molar-refractivity contribution is -0.358. The molecule has 4 saturated heterocycles. The van der Waals surface area contributed by atoms with Crippen LogP contribution in [-0.4, -0.2) is 155 Å². The summed E-state index contributed by atoms with van der Waals surface area (Å²) in [7, 11) is -1.32. The Morgan fingerprint density at radius 3 is 1.90 bits per heavy atom. The van der Waals surface area contributed by atoms with Gasteiger partial charge in [0, 0.05) is 32.4 Å². The highest BCUT2D eigenvalue weighted by Gasteiger charge is 2.59. The van der Waals surface area contributed by atoms with Crippen LogP contribution in [0, 0.1) is 23.7 Å². The first-order valence-corrected chi connectivity index (χ1v) is 36.1. The van der Waals surface area contributed by atoms with Gasteiger partial charge >= 0.3 is 18.2 Å². The third-order valence-electron chi connectivity index (χ3n) is 16.5. The molecule has 20 heteroatoms. The Labute approximate surface area is 485 Å². The molecule has 4 fully saturated rings. The van der Waals surface area contributed by atoms with E-state index in [0.29, 0.717) is 6.42 Å². The second-order valence-corrected chi connectivity index (χ2v) is 35.4. The fourth-order valence-electron chi connectivity index (χ4n) is 12.8. The highest BCUT2D eigenvalue weighted by molar-refractivity contribution is 6.70. The molecule has 0 saturated carbocycles. The van der Waals surface area contributed by atoms with Crippen LogP contribution in [0.15, 0.2) is 60.7 Å². The molecule has 4 aliphatic heterocycles. The van der Waals surface area contributed by atoms with Crippen LogP contribution in [-0.2, 0) is 79.0 Å². The number of aliphatic hydroxyl groups is 1. The summed E-state index contributed by atoms with van der Waals surface area (Å²) in [5.74, 6) is -4.37. The third kappa shape index (κ3) is 16.9. The van der Waals surface area contributed by atoms with E-state index in [1.165, 1.54) is 4.90 Å². The van der Waals surface area contributed by atoms with Crippen molar-refractivity contribution in [2.24, 2.45) is 23.7 Å². The van der Waals surface area contributed by atoms with Crippen LogP contribution in [0.1, 0.15) is 120 Å². The number of nitrogens with zero attached hydrogens (tertiary/aromatic N) is 1. The van der Waals surface area contributed by atoms with E-state index in [9.17, 15) is 14.7 Å². The van der Waals surface area contributed by atoms with E-state index in [4.69, 9.17) is 61.0 Å². The molecule has 1 N–H and O–H groups in total. The van der Waals surface area contributed by atoms with Crippen LogP contribution in [0.25, 0.3) is 0 Å². The first kappa shape index (κ1) is 66.6. The number of rotatable bonds is 16. The molecule has 458 valence electrons. The van der Waals surface area contributed by atoms with Crippen molar-refractivity contribution in [1.29, 1.82) is 0 Å². The Morgan fingerprint density at radius 2 is 1.35 bits per heavy atom. The second-order valence-electron chi connectivity index (χ2n) is 26.5. The molecule has 81 heavy (non-hydrogen) atoms. The molecule has 18 nitrogen and oxygen atoms in total. The molecule has 4 heterocycles. The molecule has 4 aliphatic rings. The van der Waals surface area contributed by atoms with Gasteiger partial charge in [0.25, 0.3) is 0 Å². The van der Waals surface area contributed by atoms with Gasteiger partial charge in [-0.05, 0) is 131 Å². The van der Waals surface area contributed by atoms with E-state index >= 15 is 4.79 Å². The lowest BCUT2D eigenvalue weighted by Gasteiger charge is -2.56. The topological polar surface area (TPSA) is 195 Å². The van der Waals surface area contributed by atoms with Gasteiger partial charge in [-0.25, -0.2) is 9.59 Å². The van der Waals surface area contributed by atoms with Crippen LogP contribution < -0.4 is 0 Å². The van der Waals surface area contributed by atoms with Gasteiger partial charge in [0.05, 0.1) is 65.9 Å². The van der Waals surface area contributed by atoms with Gasteiger partial charge in [-0.2, -0.15) is 0 Å². The number of amides is 1. The summed E-state index contributed by atoms with van der Waals surface area (Å²) in [6.45, 7) is 35.4. The normalized spacial score (nSPS) is 38.0. The van der Waals surface area contributed by atoms with Crippen LogP contribution in [0.2, 0.25) is 39.3 Å². The van der Waals surface area contributed by atoms with E-state index in [-0.39, 0.29) is 44.3 Å². The summed E-state index contributed by atoms with van der Waals surface area (Å²) in [4.78, 5) is 45.0. The minimum atomic E-state index is -2.41. The quantitative estimate of drug-likeness (QED) is 0.0946. The largest absolute Gasteiger partial charge is 0.509 e. The standard InChI is InChI=1S/C61H99NO17Si2/c1-21-46-61(12,79-81(18,19)20)52-39(4)48(76-58(8,9)77-52)37(2)33-59(10,66)51(40(5)49(41(6)54(63)72-46)73-47-34-60(11,67-14)53(42(7)71-47)78-80(15,16)17)75-55-50(74-57(65)69-36-44-30-26-23-27-31-44)45(32-38(3)70-55)62(13)56(64)68-35-43-28-24-22-25-29-43/h22-31,37-42,45-53,55,66H,21,32-36H2,1-20H3/t37-,38-,39+,40+,41-,42+,45+,46?,47+,48+,49?,50-,51-,52-,53+,55+,59-,60-,61-/m1/s1. The number of fused-ring (bicyclic) bond motifs is 2. The van der Waals surface area contributed by atoms with Crippen molar-refractivity contribution in [2.45, 2.75) is 257 Å². The highest BCUT2D eigenvalue weighted by atomic mass is 28.4. The summed E-state index contributed by atoms with van der Waals surface area (Å²) in [5.41, 5.74) is -2.32. The highest BCUT2D eigenvalue weighted by Crippen LogP contribution is 2.47. The van der Waals surface area contributed by atoms with Gasteiger partial charge < -0.3 is 71.0 Å². The van der Waals surface area contributed by atoms with Gasteiger partial charge in [0.2, 0.25) is 0 Å². The number of ether oxygens (including phenoxy) is 11. The summed E-state index contributed by atoms with van der Waals surface area (Å²) in [6, 6.07) is 17.6. The van der Waals surface area contributed by atoms with E-state index in [2.05, 4.69) is 46.2 Å². The number of methoxy groups -OCH3 is 1. The third-order valence-corrected chi connectivity index (χ3v) is 18.5. The molecule has 2 aromatic rings. The van der Waals surface area contributed by atoms with E-state index in [1.807, 2.05) is 123 Å². The van der Waals surface area contributed by atoms with Crippen molar-refractivity contribution >= 4 is 34.9 Å². The summed E-state index contributed by atoms with van der Waals surface area (Å²) < 4.78 is 86.5. The number of hydrogen-bond acceptors (Lipinski definition) is 17. The van der Waals surface area contributed by atoms with Crippen LogP contribution in [0.4, 0.5) is 9.59 Å². The van der Waals surface area contributed by atoms with Crippen molar-refractivity contribution in [3.63, 3.8) is 0 Å². The van der Waals surface area contributed by atoms with Gasteiger partial charge in [-0.15, -0.1) is 0 Å². The van der Waals surface area contributed by atoms with Crippen molar-refractivity contribution in [1.82, 2.24) is 4.90 Å². The number of esters is 1.